The summed E-state index contributed by atoms with van der Waals surface area (Å²) in [6.07, 6.45) is 5.05. The van der Waals surface area contributed by atoms with Crippen LogP contribution in [0.3, 0.4) is 0 Å². The van der Waals surface area contributed by atoms with E-state index in [1.807, 2.05) is 6.07 Å². The molecular weight excluding hydrogens is 157 g/mol. The SMILES string of the molecule is Pc1cnc2nccnc2c1. The highest BCUT2D eigenvalue weighted by Crippen LogP contribution is 2.01. The summed E-state index contributed by atoms with van der Waals surface area (Å²) < 4.78 is 0. The summed E-state index contributed by atoms with van der Waals surface area (Å²) in [6, 6.07) is 1.93. The molecule has 0 amide bonds. The number of nitrogens with zero attached hydrogens (tertiary/aromatic N) is 3. The van der Waals surface area contributed by atoms with Crippen molar-refractivity contribution in [2.45, 2.75) is 0 Å². The van der Waals surface area contributed by atoms with E-state index in [0.717, 1.165) is 10.8 Å². The second-order valence-corrected chi connectivity index (χ2v) is 2.83. The first-order valence-electron chi connectivity index (χ1n) is 3.18. The minimum atomic E-state index is 0.693. The minimum absolute atomic E-state index is 0.693. The van der Waals surface area contributed by atoms with Gasteiger partial charge in [-0.25, -0.2) is 9.97 Å². The van der Waals surface area contributed by atoms with E-state index in [4.69, 9.17) is 0 Å². The number of hydrogen-bond acceptors (Lipinski definition) is 3. The van der Waals surface area contributed by atoms with Crippen LogP contribution in [0.15, 0.2) is 24.7 Å². The Morgan fingerprint density at radius 3 is 2.82 bits per heavy atom. The van der Waals surface area contributed by atoms with Crippen LogP contribution in [0.25, 0.3) is 11.2 Å². The number of pyridine rings is 1. The Kier molecular flexibility index (Phi) is 1.51. The first kappa shape index (κ1) is 6.62. The Hall–Kier alpha value is -1.08. The number of aromatic nitrogens is 3. The molecule has 2 rings (SSSR count). The van der Waals surface area contributed by atoms with Crippen molar-refractivity contribution < 1.29 is 0 Å². The normalized spacial score (nSPS) is 10.3. The average molecular weight is 163 g/mol. The van der Waals surface area contributed by atoms with Gasteiger partial charge in [-0.2, -0.15) is 0 Å². The summed E-state index contributed by atoms with van der Waals surface area (Å²) >= 11 is 0. The Bertz CT molecular complexity index is 388. The molecule has 0 aliphatic rings. The summed E-state index contributed by atoms with van der Waals surface area (Å²) in [4.78, 5) is 12.2. The van der Waals surface area contributed by atoms with Crippen molar-refractivity contribution in [2.24, 2.45) is 0 Å². The molecule has 0 N–H and O–H groups in total. The third-order valence-corrected chi connectivity index (χ3v) is 1.66. The fourth-order valence-corrected chi connectivity index (χ4v) is 1.11. The van der Waals surface area contributed by atoms with Crippen LogP contribution in [-0.4, -0.2) is 15.0 Å². The van der Waals surface area contributed by atoms with Crippen LogP contribution in [0.1, 0.15) is 0 Å². The quantitative estimate of drug-likeness (QED) is 0.531. The highest BCUT2D eigenvalue weighted by molar-refractivity contribution is 7.27. The molecule has 1 unspecified atom stereocenters. The lowest BCUT2D eigenvalue weighted by Gasteiger charge is -1.93. The van der Waals surface area contributed by atoms with E-state index in [1.54, 1.807) is 18.6 Å². The fourth-order valence-electron chi connectivity index (χ4n) is 0.874. The standard InChI is InChI=1S/C7H6N3P/c11-5-3-6-7(10-4-5)9-2-1-8-6/h1-4H,11H2. The maximum atomic E-state index is 4.10. The van der Waals surface area contributed by atoms with Gasteiger partial charge in [0.25, 0.3) is 0 Å². The molecular formula is C7H6N3P. The third-order valence-electron chi connectivity index (χ3n) is 1.35. The fraction of sp³-hybridized carbons (Fsp3) is 0. The predicted octanol–water partition coefficient (Wildman–Crippen LogP) is 0.525. The molecule has 2 heterocycles. The van der Waals surface area contributed by atoms with Crippen molar-refractivity contribution in [1.29, 1.82) is 0 Å². The molecule has 4 heteroatoms. The van der Waals surface area contributed by atoms with E-state index in [-0.39, 0.29) is 0 Å². The number of hydrogen-bond donors (Lipinski definition) is 0. The Morgan fingerprint density at radius 1 is 1.09 bits per heavy atom. The van der Waals surface area contributed by atoms with Crippen molar-refractivity contribution in [3.05, 3.63) is 24.7 Å². The zero-order valence-electron chi connectivity index (χ0n) is 5.73. The van der Waals surface area contributed by atoms with Crippen LogP contribution < -0.4 is 5.30 Å². The second-order valence-electron chi connectivity index (χ2n) is 2.17. The molecule has 3 nitrogen and oxygen atoms in total. The van der Waals surface area contributed by atoms with E-state index < -0.39 is 0 Å². The monoisotopic (exact) mass is 163 g/mol. The maximum absolute atomic E-state index is 4.10. The first-order chi connectivity index (χ1) is 5.36. The number of fused-ring (bicyclic) bond motifs is 1. The molecule has 0 aliphatic carbocycles. The van der Waals surface area contributed by atoms with Gasteiger partial charge < -0.3 is 0 Å². The van der Waals surface area contributed by atoms with Crippen LogP contribution in [0.5, 0.6) is 0 Å². The lowest BCUT2D eigenvalue weighted by molar-refractivity contribution is 1.23. The predicted molar refractivity (Wildman–Crippen MR) is 46.7 cm³/mol. The van der Waals surface area contributed by atoms with Crippen LogP contribution in [0, 0.1) is 0 Å². The van der Waals surface area contributed by atoms with Gasteiger partial charge in [-0.05, 0) is 11.4 Å². The molecule has 0 spiro atoms. The second kappa shape index (κ2) is 2.51. The van der Waals surface area contributed by atoms with Crippen LogP contribution in [-0.2, 0) is 0 Å². The molecule has 2 aromatic rings. The van der Waals surface area contributed by atoms with E-state index in [1.165, 1.54) is 0 Å². The average Bonchev–Trinajstić information content (AvgIpc) is 2.04. The van der Waals surface area contributed by atoms with Gasteiger partial charge in [0.1, 0.15) is 5.52 Å². The van der Waals surface area contributed by atoms with Crippen molar-refractivity contribution in [3.63, 3.8) is 0 Å². The minimum Gasteiger partial charge on any atom is -0.251 e. The molecule has 2 aromatic heterocycles. The van der Waals surface area contributed by atoms with Crippen LogP contribution in [0.4, 0.5) is 0 Å². The highest BCUT2D eigenvalue weighted by atomic mass is 31.0. The van der Waals surface area contributed by atoms with E-state index >= 15 is 0 Å². The van der Waals surface area contributed by atoms with Gasteiger partial charge in [0.05, 0.1) is 0 Å². The molecule has 0 saturated heterocycles. The topological polar surface area (TPSA) is 38.7 Å². The Balaban J connectivity index is 2.83. The van der Waals surface area contributed by atoms with Crippen LogP contribution >= 0.6 is 9.24 Å². The van der Waals surface area contributed by atoms with Gasteiger partial charge in [-0.3, -0.25) is 4.98 Å². The third kappa shape index (κ3) is 1.19. The number of rotatable bonds is 0. The lowest BCUT2D eigenvalue weighted by atomic mass is 10.4. The van der Waals surface area contributed by atoms with Crippen molar-refractivity contribution in [3.8, 4) is 0 Å². The van der Waals surface area contributed by atoms with Gasteiger partial charge in [0.15, 0.2) is 5.65 Å². The molecule has 11 heavy (non-hydrogen) atoms. The van der Waals surface area contributed by atoms with Crippen molar-refractivity contribution in [1.82, 2.24) is 15.0 Å². The van der Waals surface area contributed by atoms with Gasteiger partial charge in [-0.15, -0.1) is 9.24 Å². The molecule has 0 bridgehead atoms. The zero-order chi connectivity index (χ0) is 7.68. The largest absolute Gasteiger partial charge is 0.251 e. The maximum Gasteiger partial charge on any atom is 0.178 e. The van der Waals surface area contributed by atoms with Crippen LogP contribution in [0.2, 0.25) is 0 Å². The first-order valence-corrected chi connectivity index (χ1v) is 3.76. The molecule has 54 valence electrons. The summed E-state index contributed by atoms with van der Waals surface area (Å²) in [5, 5.41) is 1.03. The summed E-state index contributed by atoms with van der Waals surface area (Å²) in [5.41, 5.74) is 1.53. The van der Waals surface area contributed by atoms with Gasteiger partial charge >= 0.3 is 0 Å². The summed E-state index contributed by atoms with van der Waals surface area (Å²) in [5.74, 6) is 0. The molecule has 0 radical (unpaired) electrons. The summed E-state index contributed by atoms with van der Waals surface area (Å²) in [7, 11) is 2.57. The van der Waals surface area contributed by atoms with Crippen molar-refractivity contribution in [2.75, 3.05) is 0 Å². The summed E-state index contributed by atoms with van der Waals surface area (Å²) in [6.45, 7) is 0. The van der Waals surface area contributed by atoms with Gasteiger partial charge in [0.2, 0.25) is 0 Å². The molecule has 0 aromatic carbocycles. The zero-order valence-corrected chi connectivity index (χ0v) is 6.88. The Morgan fingerprint density at radius 2 is 1.91 bits per heavy atom. The van der Waals surface area contributed by atoms with E-state index in [2.05, 4.69) is 24.2 Å². The molecule has 1 atom stereocenters. The Labute approximate surface area is 66.1 Å². The highest BCUT2D eigenvalue weighted by Gasteiger charge is 1.94. The molecule has 0 aliphatic heterocycles. The van der Waals surface area contributed by atoms with E-state index in [0.29, 0.717) is 5.65 Å². The van der Waals surface area contributed by atoms with Crippen molar-refractivity contribution >= 4 is 25.7 Å². The van der Waals surface area contributed by atoms with E-state index in [9.17, 15) is 0 Å². The van der Waals surface area contributed by atoms with Gasteiger partial charge in [0, 0.05) is 18.6 Å². The lowest BCUT2D eigenvalue weighted by Crippen LogP contribution is -1.94. The molecule has 0 saturated carbocycles. The van der Waals surface area contributed by atoms with Gasteiger partial charge in [-0.1, -0.05) is 0 Å². The molecule has 0 fully saturated rings. The smallest absolute Gasteiger partial charge is 0.178 e.